The van der Waals surface area contributed by atoms with Crippen LogP contribution >= 0.6 is 0 Å². The van der Waals surface area contributed by atoms with E-state index in [9.17, 15) is 71.9 Å². The Morgan fingerprint density at radius 2 is 0.906 bits per heavy atom. The van der Waals surface area contributed by atoms with Gasteiger partial charge in [0.2, 0.25) is 35.3 Å². The number of hydrogen-bond acceptors (Lipinski definition) is 8. The second-order valence-corrected chi connectivity index (χ2v) is 15.1. The van der Waals surface area contributed by atoms with Crippen molar-refractivity contribution in [3.8, 4) is 0 Å². The van der Waals surface area contributed by atoms with Crippen LogP contribution in [0.2, 0.25) is 0 Å². The van der Waals surface area contributed by atoms with E-state index < -0.39 is 145 Å². The minimum atomic E-state index is -4.89. The highest BCUT2D eigenvalue weighted by atomic mass is 19.4. The molecular weight excluding hydrogens is 888 g/mol. The molecule has 6 rings (SSSR count). The van der Waals surface area contributed by atoms with E-state index in [2.05, 4.69) is 31.0 Å². The first-order chi connectivity index (χ1) is 30.1. The highest BCUT2D eigenvalue weighted by Gasteiger charge is 2.42. The van der Waals surface area contributed by atoms with Crippen LogP contribution in [0.15, 0.2) is 24.3 Å². The van der Waals surface area contributed by atoms with Gasteiger partial charge < -0.3 is 20.4 Å². The predicted molar refractivity (Wildman–Crippen MR) is 192 cm³/mol. The van der Waals surface area contributed by atoms with Gasteiger partial charge >= 0.3 is 12.4 Å². The van der Waals surface area contributed by atoms with Crippen LogP contribution in [0, 0.1) is 34.9 Å². The molecule has 0 bridgehead atoms. The lowest BCUT2D eigenvalue weighted by molar-refractivity contribution is -0.151. The molecule has 2 aromatic carbocycles. The zero-order valence-electron chi connectivity index (χ0n) is 33.1. The summed E-state index contributed by atoms with van der Waals surface area (Å²) in [7, 11) is 0. The van der Waals surface area contributed by atoms with Gasteiger partial charge in [-0.05, 0) is 48.9 Å². The third kappa shape index (κ3) is 11.5. The van der Waals surface area contributed by atoms with Gasteiger partial charge in [0.25, 0.3) is 0 Å². The summed E-state index contributed by atoms with van der Waals surface area (Å²) in [6, 6.07) is -1.01. The number of benzene rings is 2. The fourth-order valence-electron chi connectivity index (χ4n) is 7.29. The molecule has 0 saturated carbocycles. The number of alkyl halides is 6. The lowest BCUT2D eigenvalue weighted by Crippen LogP contribution is -2.45. The quantitative estimate of drug-likeness (QED) is 0.0966. The van der Waals surface area contributed by atoms with Gasteiger partial charge in [0.05, 0.1) is 0 Å². The second kappa shape index (κ2) is 19.2. The first kappa shape index (κ1) is 47.2. The molecule has 4 heterocycles. The molecule has 0 fully saturated rings. The summed E-state index contributed by atoms with van der Waals surface area (Å²) in [5.41, 5.74) is -0.863. The van der Waals surface area contributed by atoms with E-state index in [1.807, 2.05) is 0 Å². The number of hydrogen-bond donors (Lipinski definition) is 2. The highest BCUT2D eigenvalue weighted by molar-refractivity contribution is 5.81. The van der Waals surface area contributed by atoms with Gasteiger partial charge in [-0.1, -0.05) is 0 Å². The van der Waals surface area contributed by atoms with Crippen LogP contribution < -0.4 is 10.6 Å². The summed E-state index contributed by atoms with van der Waals surface area (Å²) in [6.45, 7) is -1.39. The molecule has 64 heavy (non-hydrogen) atoms. The number of fused-ring (bicyclic) bond motifs is 2. The minimum Gasteiger partial charge on any atom is -0.353 e. The van der Waals surface area contributed by atoms with Crippen molar-refractivity contribution in [2.24, 2.45) is 0 Å². The Kier molecular flexibility index (Phi) is 14.2. The standard InChI is InChI=1S/C38H36F12N10O4/c39-23-15-27(43)25(41)11-19(23)9-21(13-33(63)57-7-5-29-53-55-35(37(45,46)47)59(29)17-57)51-31(61)3-1-2-4-32(62)52-22(10-20-12-26(42)28(44)16-24(20)40)14-34(64)58-8-6-30-54-56-36(38(48,49)50)60(30)18-58/h11-12,15-16,21-22H,1-10,13-14,17-18H2,(H,51,61)(H,52,62). The number of aromatic nitrogens is 6. The van der Waals surface area contributed by atoms with Gasteiger partial charge in [-0.3, -0.25) is 28.3 Å². The number of nitrogens with zero attached hydrogens (tertiary/aromatic N) is 8. The summed E-state index contributed by atoms with van der Waals surface area (Å²) < 4.78 is 167. The minimum absolute atomic E-state index is 0.0276. The van der Waals surface area contributed by atoms with Crippen LogP contribution in [0.25, 0.3) is 0 Å². The SMILES string of the molecule is O=C(CCCCC(=O)NC(CC(=O)N1CCc2nnc(C(F)(F)F)n2C1)Cc1cc(F)c(F)cc1F)NC(CC(=O)N1CCc2nnc(C(F)(F)F)n2C1)Cc1cc(F)c(F)cc1F. The lowest BCUT2D eigenvalue weighted by Gasteiger charge is -2.30. The Morgan fingerprint density at radius 3 is 1.27 bits per heavy atom. The highest BCUT2D eigenvalue weighted by Crippen LogP contribution is 2.31. The van der Waals surface area contributed by atoms with E-state index in [0.29, 0.717) is 21.3 Å². The Hall–Kier alpha value is -6.24. The van der Waals surface area contributed by atoms with E-state index in [-0.39, 0.29) is 75.4 Å². The largest absolute Gasteiger partial charge is 0.451 e. The number of unbranched alkanes of at least 4 members (excludes halogenated alkanes) is 1. The van der Waals surface area contributed by atoms with Crippen molar-refractivity contribution in [2.75, 3.05) is 13.1 Å². The third-order valence-electron chi connectivity index (χ3n) is 10.4. The van der Waals surface area contributed by atoms with Gasteiger partial charge in [-0.15, -0.1) is 20.4 Å². The van der Waals surface area contributed by atoms with Crippen LogP contribution in [-0.2, 0) is 70.6 Å². The maximum Gasteiger partial charge on any atom is 0.451 e. The Bertz CT molecular complexity index is 2240. The third-order valence-corrected chi connectivity index (χ3v) is 10.4. The van der Waals surface area contributed by atoms with Crippen molar-refractivity contribution >= 4 is 23.6 Å². The Morgan fingerprint density at radius 1 is 0.547 bits per heavy atom. The first-order valence-corrected chi connectivity index (χ1v) is 19.5. The molecule has 2 N–H and O–H groups in total. The molecule has 2 unspecified atom stereocenters. The van der Waals surface area contributed by atoms with E-state index in [1.54, 1.807) is 0 Å². The van der Waals surface area contributed by atoms with Crippen molar-refractivity contribution < 1.29 is 71.9 Å². The van der Waals surface area contributed by atoms with Gasteiger partial charge in [0.15, 0.2) is 23.3 Å². The molecule has 0 saturated heterocycles. The fraction of sp³-hybridized carbons (Fsp3) is 0.474. The summed E-state index contributed by atoms with van der Waals surface area (Å²) in [4.78, 5) is 54.9. The average molecular weight is 925 g/mol. The van der Waals surface area contributed by atoms with E-state index in [1.165, 1.54) is 0 Å². The van der Waals surface area contributed by atoms with Gasteiger partial charge in [-0.25, -0.2) is 26.3 Å². The molecule has 2 aliphatic rings. The normalized spacial score (nSPS) is 15.1. The molecule has 0 spiro atoms. The van der Waals surface area contributed by atoms with Gasteiger partial charge in [0, 0.05) is 75.8 Å². The maximum atomic E-state index is 14.7. The predicted octanol–water partition coefficient (Wildman–Crippen LogP) is 4.92. The molecule has 2 aliphatic heterocycles. The zero-order chi connectivity index (χ0) is 46.7. The average Bonchev–Trinajstić information content (AvgIpc) is 3.85. The Labute approximate surface area is 354 Å². The van der Waals surface area contributed by atoms with E-state index >= 15 is 0 Å². The second-order valence-electron chi connectivity index (χ2n) is 15.1. The van der Waals surface area contributed by atoms with Gasteiger partial charge in [-0.2, -0.15) is 26.3 Å². The van der Waals surface area contributed by atoms with E-state index in [0.717, 1.165) is 9.80 Å². The number of nitrogens with one attached hydrogen (secondary N) is 2. The number of rotatable bonds is 15. The molecule has 0 radical (unpaired) electrons. The molecule has 2 atom stereocenters. The fourth-order valence-corrected chi connectivity index (χ4v) is 7.29. The molecule has 2 aromatic heterocycles. The summed E-state index contributed by atoms with van der Waals surface area (Å²) in [6.07, 6.45) is -13.1. The number of amides is 4. The number of carbonyl (C=O) groups excluding carboxylic acids is 4. The molecule has 4 aromatic rings. The van der Waals surface area contributed by atoms with Crippen molar-refractivity contribution in [1.82, 2.24) is 50.0 Å². The molecule has 26 heteroatoms. The first-order valence-electron chi connectivity index (χ1n) is 19.5. The topological polar surface area (TPSA) is 160 Å². The molecule has 0 aliphatic carbocycles. The van der Waals surface area contributed by atoms with Crippen LogP contribution in [0.1, 0.15) is 72.9 Å². The summed E-state index contributed by atoms with van der Waals surface area (Å²) >= 11 is 0. The zero-order valence-corrected chi connectivity index (χ0v) is 33.1. The van der Waals surface area contributed by atoms with Crippen LogP contribution in [0.3, 0.4) is 0 Å². The summed E-state index contributed by atoms with van der Waals surface area (Å²) in [5.74, 6) is -14.1. The number of halogens is 12. The van der Waals surface area contributed by atoms with Crippen LogP contribution in [-0.4, -0.2) is 88.1 Å². The monoisotopic (exact) mass is 924 g/mol. The molecule has 346 valence electrons. The molecule has 14 nitrogen and oxygen atoms in total. The molecular formula is C38H36F12N10O4. The van der Waals surface area contributed by atoms with Crippen LogP contribution in [0.4, 0.5) is 52.7 Å². The van der Waals surface area contributed by atoms with Gasteiger partial charge in [0.1, 0.15) is 36.6 Å². The smallest absolute Gasteiger partial charge is 0.353 e. The maximum absolute atomic E-state index is 14.7. The number of carbonyl (C=O) groups is 4. The van der Waals surface area contributed by atoms with E-state index in [4.69, 9.17) is 0 Å². The van der Waals surface area contributed by atoms with Crippen molar-refractivity contribution in [1.29, 1.82) is 0 Å². The van der Waals surface area contributed by atoms with Crippen molar-refractivity contribution in [3.63, 3.8) is 0 Å². The lowest BCUT2D eigenvalue weighted by atomic mass is 10.0. The van der Waals surface area contributed by atoms with Crippen LogP contribution in [0.5, 0.6) is 0 Å². The van der Waals surface area contributed by atoms with Crippen molar-refractivity contribution in [3.05, 3.63) is 93.6 Å². The molecule has 4 amide bonds. The summed E-state index contributed by atoms with van der Waals surface area (Å²) in [5, 5.41) is 18.3. The van der Waals surface area contributed by atoms with Crippen molar-refractivity contribution in [2.45, 2.75) is 102 Å². The Balaban J connectivity index is 1.07.